The van der Waals surface area contributed by atoms with Crippen molar-refractivity contribution in [2.75, 3.05) is 6.61 Å². The van der Waals surface area contributed by atoms with Crippen LogP contribution in [-0.2, 0) is 9.47 Å². The molecular weight excluding hydrogens is 488 g/mol. The molecule has 1 unspecified atom stereocenters. The van der Waals surface area contributed by atoms with Gasteiger partial charge in [0.25, 0.3) is 0 Å². The van der Waals surface area contributed by atoms with E-state index in [0.29, 0.717) is 5.41 Å². The lowest BCUT2D eigenvalue weighted by Gasteiger charge is -2.58. The Morgan fingerprint density at radius 1 is 0.974 bits per heavy atom. The topological polar surface area (TPSA) is 79.2 Å². The summed E-state index contributed by atoms with van der Waals surface area (Å²) in [7, 11) is 0. The minimum atomic E-state index is -1.22. The van der Waals surface area contributed by atoms with E-state index in [1.807, 2.05) is 0 Å². The Balaban J connectivity index is 1.23. The Hall–Kier alpha value is -0.460. The van der Waals surface area contributed by atoms with Crippen LogP contribution in [0.4, 0.5) is 0 Å². The highest BCUT2D eigenvalue weighted by Gasteiger charge is 2.59. The summed E-state index contributed by atoms with van der Waals surface area (Å²) in [5, 5.41) is 30.2. The molecule has 0 aromatic rings. The average molecular weight is 547 g/mol. The molecule has 0 radical (unpaired) electrons. The molecule has 224 valence electrons. The van der Waals surface area contributed by atoms with Crippen molar-refractivity contribution in [2.24, 2.45) is 52.3 Å². The van der Waals surface area contributed by atoms with E-state index in [9.17, 15) is 15.3 Å². The van der Waals surface area contributed by atoms with Crippen molar-refractivity contribution in [3.8, 4) is 0 Å². The van der Waals surface area contributed by atoms with E-state index in [0.717, 1.165) is 60.7 Å². The standard InChI is InChI=1S/C34H58O5/c1-7-22(20(2)3)9-8-21(4)26-12-13-27-25-11-10-23-18-24(39-32-31(37)30(36)29(35)19-38-32)14-16-33(23,5)28(25)15-17-34(26,27)6/h10,20-22,24-32,35-37H,7-9,11-19H2,1-6H3/t21-,22?,24+,25+,26-,27+,28+,29-,30+,31-,32+,33+,34-/m1/s1. The largest absolute Gasteiger partial charge is 0.388 e. The minimum Gasteiger partial charge on any atom is -0.388 e. The third kappa shape index (κ3) is 5.42. The van der Waals surface area contributed by atoms with Crippen LogP contribution < -0.4 is 0 Å². The third-order valence-electron chi connectivity index (χ3n) is 13.1. The molecule has 0 amide bonds. The smallest absolute Gasteiger partial charge is 0.186 e. The van der Waals surface area contributed by atoms with Crippen LogP contribution in [-0.4, -0.2) is 52.6 Å². The lowest BCUT2D eigenvalue weighted by atomic mass is 9.47. The van der Waals surface area contributed by atoms with Crippen LogP contribution >= 0.6 is 0 Å². The Kier molecular flexibility index (Phi) is 8.98. The lowest BCUT2D eigenvalue weighted by molar-refractivity contribution is -0.284. The van der Waals surface area contributed by atoms with Crippen LogP contribution in [0.1, 0.15) is 112 Å². The zero-order valence-electron chi connectivity index (χ0n) is 25.6. The van der Waals surface area contributed by atoms with Gasteiger partial charge in [0.1, 0.15) is 18.3 Å². The summed E-state index contributed by atoms with van der Waals surface area (Å²) in [5.74, 6) is 5.83. The molecular formula is C34H58O5. The summed E-state index contributed by atoms with van der Waals surface area (Å²) in [6, 6.07) is 0. The molecule has 5 heteroatoms. The summed E-state index contributed by atoms with van der Waals surface area (Å²) in [4.78, 5) is 0. The van der Waals surface area contributed by atoms with Crippen molar-refractivity contribution >= 4 is 0 Å². The van der Waals surface area contributed by atoms with Crippen molar-refractivity contribution in [1.29, 1.82) is 0 Å². The number of fused-ring (bicyclic) bond motifs is 5. The zero-order valence-corrected chi connectivity index (χ0v) is 25.6. The maximum atomic E-state index is 10.4. The van der Waals surface area contributed by atoms with Gasteiger partial charge in [-0.1, -0.05) is 66.0 Å². The van der Waals surface area contributed by atoms with Crippen molar-refractivity contribution in [1.82, 2.24) is 0 Å². The van der Waals surface area contributed by atoms with Crippen LogP contribution in [0.3, 0.4) is 0 Å². The molecule has 4 fully saturated rings. The fourth-order valence-electron chi connectivity index (χ4n) is 10.5. The van der Waals surface area contributed by atoms with E-state index in [1.165, 1.54) is 51.4 Å². The molecule has 1 heterocycles. The SMILES string of the molecule is CCC(CC[C@@H](C)[C@H]1CC[C@H]2[C@@H]3CC=C4C[C@@H](O[C@@H]5OC[C@@H](O)[C@H](O)[C@H]5O)CC[C@]4(C)[C@H]3CC[C@]12C)C(C)C. The Labute approximate surface area is 238 Å². The lowest BCUT2D eigenvalue weighted by Crippen LogP contribution is -2.55. The number of hydrogen-bond acceptors (Lipinski definition) is 5. The minimum absolute atomic E-state index is 0.00351. The van der Waals surface area contributed by atoms with E-state index < -0.39 is 24.6 Å². The van der Waals surface area contributed by atoms with Crippen molar-refractivity contribution in [3.05, 3.63) is 11.6 Å². The van der Waals surface area contributed by atoms with Gasteiger partial charge in [-0.3, -0.25) is 0 Å². The maximum Gasteiger partial charge on any atom is 0.186 e. The van der Waals surface area contributed by atoms with E-state index in [1.54, 1.807) is 5.57 Å². The number of hydrogen-bond donors (Lipinski definition) is 3. The Morgan fingerprint density at radius 2 is 1.74 bits per heavy atom. The molecule has 39 heavy (non-hydrogen) atoms. The molecule has 5 rings (SSSR count). The van der Waals surface area contributed by atoms with Gasteiger partial charge in [-0.2, -0.15) is 0 Å². The Morgan fingerprint density at radius 3 is 2.46 bits per heavy atom. The monoisotopic (exact) mass is 546 g/mol. The second-order valence-corrected chi connectivity index (χ2v) is 15.2. The Bertz CT molecular complexity index is 872. The van der Waals surface area contributed by atoms with Crippen LogP contribution in [0, 0.1) is 52.3 Å². The number of rotatable bonds is 8. The van der Waals surface area contributed by atoms with Gasteiger partial charge in [0.05, 0.1) is 12.7 Å². The molecule has 1 saturated heterocycles. The molecule has 3 saturated carbocycles. The van der Waals surface area contributed by atoms with Crippen molar-refractivity contribution < 1.29 is 24.8 Å². The molecule has 0 aromatic heterocycles. The second kappa shape index (κ2) is 11.7. The molecule has 13 atom stereocenters. The van der Waals surface area contributed by atoms with Gasteiger partial charge in [-0.15, -0.1) is 0 Å². The quantitative estimate of drug-likeness (QED) is 0.303. The second-order valence-electron chi connectivity index (χ2n) is 15.2. The van der Waals surface area contributed by atoms with Gasteiger partial charge >= 0.3 is 0 Å². The number of aliphatic hydroxyl groups is 3. The molecule has 0 aromatic carbocycles. The molecule has 1 aliphatic heterocycles. The maximum absolute atomic E-state index is 10.4. The van der Waals surface area contributed by atoms with E-state index in [-0.39, 0.29) is 18.1 Å². The van der Waals surface area contributed by atoms with E-state index >= 15 is 0 Å². The molecule has 0 spiro atoms. The number of allylic oxidation sites excluding steroid dienone is 1. The highest BCUT2D eigenvalue weighted by atomic mass is 16.7. The van der Waals surface area contributed by atoms with Gasteiger partial charge in [-0.05, 0) is 110 Å². The van der Waals surface area contributed by atoms with Gasteiger partial charge in [0, 0.05) is 0 Å². The first-order valence-electron chi connectivity index (χ1n) is 16.5. The molecule has 5 nitrogen and oxygen atoms in total. The van der Waals surface area contributed by atoms with Crippen LogP contribution in [0.15, 0.2) is 11.6 Å². The van der Waals surface area contributed by atoms with Gasteiger partial charge in [0.15, 0.2) is 6.29 Å². The summed E-state index contributed by atoms with van der Waals surface area (Å²) in [5.41, 5.74) is 2.31. The predicted octanol–water partition coefficient (Wildman–Crippen LogP) is 6.49. The van der Waals surface area contributed by atoms with Gasteiger partial charge in [-0.25, -0.2) is 0 Å². The highest BCUT2D eigenvalue weighted by molar-refractivity contribution is 5.25. The first kappa shape index (κ1) is 30.0. The summed E-state index contributed by atoms with van der Waals surface area (Å²) >= 11 is 0. The van der Waals surface area contributed by atoms with E-state index in [4.69, 9.17) is 9.47 Å². The zero-order chi connectivity index (χ0) is 28.1. The highest BCUT2D eigenvalue weighted by Crippen LogP contribution is 2.67. The van der Waals surface area contributed by atoms with Gasteiger partial charge < -0.3 is 24.8 Å². The summed E-state index contributed by atoms with van der Waals surface area (Å²) in [6.45, 7) is 15.0. The molecule has 0 bridgehead atoms. The summed E-state index contributed by atoms with van der Waals surface area (Å²) < 4.78 is 11.8. The van der Waals surface area contributed by atoms with Crippen LogP contribution in [0.5, 0.6) is 0 Å². The van der Waals surface area contributed by atoms with E-state index in [2.05, 4.69) is 47.6 Å². The van der Waals surface area contributed by atoms with Crippen molar-refractivity contribution in [2.45, 2.75) is 143 Å². The molecule has 4 aliphatic carbocycles. The summed E-state index contributed by atoms with van der Waals surface area (Å²) in [6.07, 6.45) is 12.1. The van der Waals surface area contributed by atoms with Crippen molar-refractivity contribution in [3.63, 3.8) is 0 Å². The normalized spacial score (nSPS) is 47.6. The van der Waals surface area contributed by atoms with Crippen LogP contribution in [0.25, 0.3) is 0 Å². The van der Waals surface area contributed by atoms with Gasteiger partial charge in [0.2, 0.25) is 0 Å². The number of aliphatic hydroxyl groups excluding tert-OH is 3. The fourth-order valence-corrected chi connectivity index (χ4v) is 10.5. The molecule has 5 aliphatic rings. The molecule has 3 N–H and O–H groups in total. The van der Waals surface area contributed by atoms with Crippen LogP contribution in [0.2, 0.25) is 0 Å². The number of ether oxygens (including phenoxy) is 2. The fraction of sp³-hybridized carbons (Fsp3) is 0.941. The first-order valence-corrected chi connectivity index (χ1v) is 16.5. The average Bonchev–Trinajstić information content (AvgIpc) is 3.26. The first-order chi connectivity index (χ1) is 18.5. The predicted molar refractivity (Wildman–Crippen MR) is 155 cm³/mol. The third-order valence-corrected chi connectivity index (χ3v) is 13.1.